The van der Waals surface area contributed by atoms with E-state index in [0.29, 0.717) is 11.5 Å². The van der Waals surface area contributed by atoms with Gasteiger partial charge in [-0.1, -0.05) is 12.1 Å². The quantitative estimate of drug-likeness (QED) is 0.911. The third-order valence-corrected chi connectivity index (χ3v) is 5.62. The van der Waals surface area contributed by atoms with Crippen LogP contribution >= 0.6 is 0 Å². The van der Waals surface area contributed by atoms with Gasteiger partial charge in [-0.2, -0.15) is 5.26 Å². The lowest BCUT2D eigenvalue weighted by atomic mass is 9.75. The largest absolute Gasteiger partial charge is 0.369 e. The van der Waals surface area contributed by atoms with Crippen molar-refractivity contribution < 1.29 is 4.79 Å². The molecule has 2 aliphatic rings. The number of nitrogens with two attached hydrogens (primary N) is 1. The first-order chi connectivity index (χ1) is 12.9. The highest BCUT2D eigenvalue weighted by Gasteiger charge is 2.53. The molecule has 1 amide bonds. The molecular weight excluding hydrogens is 338 g/mol. The fourth-order valence-corrected chi connectivity index (χ4v) is 3.93. The van der Waals surface area contributed by atoms with Crippen molar-refractivity contribution in [2.24, 2.45) is 22.6 Å². The van der Waals surface area contributed by atoms with Crippen LogP contribution in [0, 0.1) is 23.2 Å². The molecule has 2 aromatic rings. The molecular formula is C21H21N5O. The summed E-state index contributed by atoms with van der Waals surface area (Å²) in [5.74, 6) is 0.373. The summed E-state index contributed by atoms with van der Waals surface area (Å²) in [5.41, 5.74) is 8.44. The van der Waals surface area contributed by atoms with Crippen LogP contribution in [0.3, 0.4) is 0 Å². The minimum atomic E-state index is -0.723. The van der Waals surface area contributed by atoms with Crippen molar-refractivity contribution >= 4 is 11.9 Å². The van der Waals surface area contributed by atoms with Gasteiger partial charge in [0.15, 0.2) is 5.96 Å². The summed E-state index contributed by atoms with van der Waals surface area (Å²) in [4.78, 5) is 23.6. The minimum absolute atomic E-state index is 0.0253. The Morgan fingerprint density at radius 1 is 1.30 bits per heavy atom. The first kappa shape index (κ1) is 17.2. The summed E-state index contributed by atoms with van der Waals surface area (Å²) < 4.78 is 0. The highest BCUT2D eigenvalue weighted by atomic mass is 16.2. The van der Waals surface area contributed by atoms with Gasteiger partial charge in [-0.05, 0) is 55.5 Å². The summed E-state index contributed by atoms with van der Waals surface area (Å²) in [5, 5.41) is 9.15. The van der Waals surface area contributed by atoms with Gasteiger partial charge in [0.1, 0.15) is 0 Å². The minimum Gasteiger partial charge on any atom is -0.369 e. The molecule has 136 valence electrons. The van der Waals surface area contributed by atoms with Crippen molar-refractivity contribution in [1.82, 2.24) is 9.88 Å². The van der Waals surface area contributed by atoms with E-state index >= 15 is 0 Å². The van der Waals surface area contributed by atoms with Gasteiger partial charge in [0.2, 0.25) is 5.91 Å². The predicted octanol–water partition coefficient (Wildman–Crippen LogP) is 2.65. The molecule has 1 fully saturated rings. The fraction of sp³-hybridized carbons (Fsp3) is 0.333. The van der Waals surface area contributed by atoms with E-state index in [1.165, 1.54) is 4.90 Å². The molecule has 2 heterocycles. The number of nitrogens with zero attached hydrogens (tertiary/aromatic N) is 4. The second kappa shape index (κ2) is 6.20. The molecule has 0 spiro atoms. The maximum atomic E-state index is 13.0. The van der Waals surface area contributed by atoms with E-state index in [0.717, 1.165) is 29.7 Å². The Kier molecular flexibility index (Phi) is 3.96. The lowest BCUT2D eigenvalue weighted by Crippen LogP contribution is -2.54. The van der Waals surface area contributed by atoms with Gasteiger partial charge in [-0.25, -0.2) is 4.99 Å². The molecule has 1 aliphatic carbocycles. The Morgan fingerprint density at radius 2 is 2.07 bits per heavy atom. The second-order valence-corrected chi connectivity index (χ2v) is 7.45. The third-order valence-electron chi connectivity index (χ3n) is 5.62. The number of hydrogen-bond acceptors (Lipinski definition) is 5. The van der Waals surface area contributed by atoms with E-state index in [1.54, 1.807) is 19.3 Å². The zero-order valence-electron chi connectivity index (χ0n) is 15.4. The average Bonchev–Trinajstić information content (AvgIpc) is 3.51. The number of carbonyl (C=O) groups is 1. The predicted molar refractivity (Wildman–Crippen MR) is 102 cm³/mol. The van der Waals surface area contributed by atoms with Crippen LogP contribution in [0.15, 0.2) is 47.6 Å². The number of aliphatic imine (C=N–C) groups is 1. The van der Waals surface area contributed by atoms with E-state index in [4.69, 9.17) is 16.0 Å². The first-order valence-corrected chi connectivity index (χ1v) is 9.04. The summed E-state index contributed by atoms with van der Waals surface area (Å²) in [6.07, 6.45) is 3.81. The van der Waals surface area contributed by atoms with Gasteiger partial charge in [0.25, 0.3) is 0 Å². The van der Waals surface area contributed by atoms with Crippen LogP contribution in [0.4, 0.5) is 0 Å². The van der Waals surface area contributed by atoms with Crippen LogP contribution in [0.1, 0.15) is 30.9 Å². The van der Waals surface area contributed by atoms with E-state index < -0.39 is 5.54 Å². The number of nitriles is 1. The fourth-order valence-electron chi connectivity index (χ4n) is 3.93. The molecule has 1 aromatic heterocycles. The molecule has 6 heteroatoms. The lowest BCUT2D eigenvalue weighted by molar-refractivity contribution is -0.135. The standard InChI is InChI=1S/C21H21N5O/c1-21(18(14-6-7-14)19(27)26(2)20(23)25-21)16-8-9-24-17(11-16)15-5-3-4-13(10-15)12-22/h3-5,8-11,14,18H,6-7H2,1-2H3,(H2,23,25)/t18-,21-/m1/s1. The Labute approximate surface area is 158 Å². The van der Waals surface area contributed by atoms with Crippen LogP contribution in [0.5, 0.6) is 0 Å². The van der Waals surface area contributed by atoms with Gasteiger partial charge >= 0.3 is 0 Å². The van der Waals surface area contributed by atoms with Crippen LogP contribution < -0.4 is 5.73 Å². The Bertz CT molecular complexity index is 988. The van der Waals surface area contributed by atoms with E-state index in [9.17, 15) is 4.79 Å². The van der Waals surface area contributed by atoms with Gasteiger partial charge in [0.05, 0.1) is 28.8 Å². The van der Waals surface area contributed by atoms with Crippen molar-refractivity contribution in [3.63, 3.8) is 0 Å². The van der Waals surface area contributed by atoms with Gasteiger partial charge < -0.3 is 5.73 Å². The van der Waals surface area contributed by atoms with Crippen molar-refractivity contribution in [3.05, 3.63) is 53.7 Å². The summed E-state index contributed by atoms with van der Waals surface area (Å²) in [6.45, 7) is 1.98. The molecule has 4 rings (SSSR count). The SMILES string of the molecule is CN1C(=O)[C@@H](C2CC2)[C@@](C)(c2ccnc(-c3cccc(C#N)c3)c2)N=C1N. The molecule has 0 radical (unpaired) electrons. The lowest BCUT2D eigenvalue weighted by Gasteiger charge is -2.41. The van der Waals surface area contributed by atoms with Gasteiger partial charge in [0, 0.05) is 18.8 Å². The Hall–Kier alpha value is -3.20. The normalized spacial score (nSPS) is 25.1. The van der Waals surface area contributed by atoms with E-state index in [2.05, 4.69) is 11.1 Å². The molecule has 2 atom stereocenters. The first-order valence-electron chi connectivity index (χ1n) is 9.04. The molecule has 1 aliphatic heterocycles. The van der Waals surface area contributed by atoms with Crippen LogP contribution in [-0.4, -0.2) is 28.8 Å². The molecule has 0 bridgehead atoms. The van der Waals surface area contributed by atoms with Crippen molar-refractivity contribution in [2.75, 3.05) is 7.05 Å². The number of benzene rings is 1. The molecule has 2 N–H and O–H groups in total. The molecule has 27 heavy (non-hydrogen) atoms. The maximum absolute atomic E-state index is 13.0. The van der Waals surface area contributed by atoms with Crippen molar-refractivity contribution in [3.8, 4) is 17.3 Å². The summed E-state index contributed by atoms with van der Waals surface area (Å²) in [7, 11) is 1.68. The van der Waals surface area contributed by atoms with Gasteiger partial charge in [-0.15, -0.1) is 0 Å². The average molecular weight is 359 g/mol. The Balaban J connectivity index is 1.82. The number of pyridine rings is 1. The zero-order valence-corrected chi connectivity index (χ0v) is 15.4. The number of guanidine groups is 1. The number of hydrogen-bond donors (Lipinski definition) is 1. The monoisotopic (exact) mass is 359 g/mol. The van der Waals surface area contributed by atoms with Crippen LogP contribution in [0.2, 0.25) is 0 Å². The summed E-state index contributed by atoms with van der Waals surface area (Å²) in [6, 6.07) is 13.4. The van der Waals surface area contributed by atoms with Crippen molar-refractivity contribution in [1.29, 1.82) is 5.26 Å². The highest BCUT2D eigenvalue weighted by molar-refractivity contribution is 6.00. The maximum Gasteiger partial charge on any atom is 0.235 e. The smallest absolute Gasteiger partial charge is 0.235 e. The third kappa shape index (κ3) is 2.85. The van der Waals surface area contributed by atoms with Gasteiger partial charge in [-0.3, -0.25) is 14.7 Å². The second-order valence-electron chi connectivity index (χ2n) is 7.45. The number of carbonyl (C=O) groups excluding carboxylic acids is 1. The zero-order chi connectivity index (χ0) is 19.2. The molecule has 0 saturated heterocycles. The highest BCUT2D eigenvalue weighted by Crippen LogP contribution is 2.50. The van der Waals surface area contributed by atoms with E-state index in [1.807, 2.05) is 37.3 Å². The number of rotatable bonds is 3. The van der Waals surface area contributed by atoms with Crippen LogP contribution in [-0.2, 0) is 10.3 Å². The molecule has 6 nitrogen and oxygen atoms in total. The number of amides is 1. The van der Waals surface area contributed by atoms with E-state index in [-0.39, 0.29) is 17.8 Å². The molecule has 1 aromatic carbocycles. The number of aromatic nitrogens is 1. The molecule has 0 unspecified atom stereocenters. The molecule has 1 saturated carbocycles. The summed E-state index contributed by atoms with van der Waals surface area (Å²) >= 11 is 0. The van der Waals surface area contributed by atoms with Crippen LogP contribution in [0.25, 0.3) is 11.3 Å². The topological polar surface area (TPSA) is 95.4 Å². The van der Waals surface area contributed by atoms with Crippen molar-refractivity contribution in [2.45, 2.75) is 25.3 Å². The Morgan fingerprint density at radius 3 is 2.78 bits per heavy atom.